The first kappa shape index (κ1) is 22.1. The van der Waals surface area contributed by atoms with Gasteiger partial charge in [-0.1, -0.05) is 27.7 Å². The maximum atomic E-state index is 12.8. The van der Waals surface area contributed by atoms with Gasteiger partial charge in [-0.15, -0.1) is 0 Å². The molecule has 4 rings (SSSR count). The molecule has 30 heavy (non-hydrogen) atoms. The Kier molecular flexibility index (Phi) is 6.06. The number of pyridine rings is 1. The molecule has 1 saturated carbocycles. The van der Waals surface area contributed by atoms with Crippen molar-refractivity contribution in [3.8, 4) is 0 Å². The van der Waals surface area contributed by atoms with Crippen LogP contribution in [-0.2, 0) is 9.59 Å². The molecule has 1 aromatic rings. The average molecular weight is 416 g/mol. The van der Waals surface area contributed by atoms with Gasteiger partial charge in [0.25, 0.3) is 17.7 Å². The molecule has 1 aliphatic carbocycles. The van der Waals surface area contributed by atoms with Crippen LogP contribution >= 0.6 is 0 Å². The van der Waals surface area contributed by atoms with E-state index in [0.717, 1.165) is 36.4 Å². The third-order valence-corrected chi connectivity index (χ3v) is 6.21. The number of nitrogens with zero attached hydrogens (tertiary/aromatic N) is 2. The Morgan fingerprint density at radius 1 is 1.17 bits per heavy atom. The number of hydrogen-bond donors (Lipinski definition) is 3. The molecule has 3 fully saturated rings. The zero-order valence-electron chi connectivity index (χ0n) is 18.6. The topological polar surface area (TPSA) is 103 Å². The number of aromatic nitrogens is 1. The van der Waals surface area contributed by atoms with Crippen LogP contribution in [0.2, 0.25) is 0 Å². The van der Waals surface area contributed by atoms with Gasteiger partial charge in [0, 0.05) is 24.7 Å². The number of carbonyl (C=O) groups is 3. The van der Waals surface area contributed by atoms with E-state index < -0.39 is 11.4 Å². The van der Waals surface area contributed by atoms with E-state index >= 15 is 0 Å². The Hall–Kier alpha value is -2.64. The van der Waals surface area contributed by atoms with Crippen molar-refractivity contribution in [3.05, 3.63) is 23.4 Å². The Bertz CT molecular complexity index is 843. The number of nitrogens with one attached hydrogen (secondary N) is 3. The van der Waals surface area contributed by atoms with Gasteiger partial charge in [-0.3, -0.25) is 19.8 Å². The summed E-state index contributed by atoms with van der Waals surface area (Å²) in [6, 6.07) is 3.75. The number of hydrazine groups is 1. The molecule has 8 heteroatoms. The number of carbonyl (C=O) groups excluding carboxylic acids is 3. The Morgan fingerprint density at radius 3 is 2.43 bits per heavy atom. The molecular formula is C22H33N5O3. The maximum Gasteiger partial charge on any atom is 0.280 e. The minimum Gasteiger partial charge on any atom is -0.367 e. The highest BCUT2D eigenvalue weighted by Gasteiger charge is 2.71. The van der Waals surface area contributed by atoms with Crippen molar-refractivity contribution in [2.24, 2.45) is 5.41 Å². The minimum absolute atomic E-state index is 0.267. The number of anilines is 1. The number of hydrogen-bond acceptors (Lipinski definition) is 5. The minimum atomic E-state index is -1.21. The van der Waals surface area contributed by atoms with Gasteiger partial charge in [-0.2, -0.15) is 0 Å². The second kappa shape index (κ2) is 8.24. The highest BCUT2D eigenvalue weighted by Crippen LogP contribution is 2.39. The van der Waals surface area contributed by atoms with E-state index in [1.54, 1.807) is 12.1 Å². The molecule has 8 nitrogen and oxygen atoms in total. The first-order valence-electron chi connectivity index (χ1n) is 10.9. The number of rotatable bonds is 4. The first-order chi connectivity index (χ1) is 14.2. The summed E-state index contributed by atoms with van der Waals surface area (Å²) in [5, 5.41) is 7.22. The molecule has 3 heterocycles. The van der Waals surface area contributed by atoms with Gasteiger partial charge in [0.15, 0.2) is 0 Å². The van der Waals surface area contributed by atoms with Gasteiger partial charge in [0.2, 0.25) is 5.54 Å². The molecule has 1 unspecified atom stereocenters. The number of aryl methyl sites for hydroxylation is 1. The van der Waals surface area contributed by atoms with Crippen LogP contribution in [0.3, 0.4) is 0 Å². The molecule has 0 aromatic carbocycles. The lowest BCUT2D eigenvalue weighted by molar-refractivity contribution is -0.123. The van der Waals surface area contributed by atoms with E-state index in [1.807, 2.05) is 20.8 Å². The molecule has 3 aliphatic rings. The van der Waals surface area contributed by atoms with Gasteiger partial charge in [0.05, 0.1) is 5.56 Å². The van der Waals surface area contributed by atoms with Crippen LogP contribution in [0.5, 0.6) is 0 Å². The predicted molar refractivity (Wildman–Crippen MR) is 115 cm³/mol. The normalized spacial score (nSPS) is 24.8. The Morgan fingerprint density at radius 2 is 1.83 bits per heavy atom. The van der Waals surface area contributed by atoms with Crippen molar-refractivity contribution in [1.82, 2.24) is 20.7 Å². The quantitative estimate of drug-likeness (QED) is 0.518. The lowest BCUT2D eigenvalue weighted by Gasteiger charge is -2.35. The summed E-state index contributed by atoms with van der Waals surface area (Å²) < 4.78 is 0. The van der Waals surface area contributed by atoms with Gasteiger partial charge in [-0.25, -0.2) is 9.99 Å². The van der Waals surface area contributed by atoms with Crippen molar-refractivity contribution < 1.29 is 14.4 Å². The second-order valence-corrected chi connectivity index (χ2v) is 8.88. The van der Waals surface area contributed by atoms with Gasteiger partial charge >= 0.3 is 0 Å². The summed E-state index contributed by atoms with van der Waals surface area (Å²) in [5.41, 5.74) is 2.93. The summed E-state index contributed by atoms with van der Waals surface area (Å²) in [5.74, 6) is -0.611. The fraction of sp³-hybridized carbons (Fsp3) is 0.636. The molecule has 3 amide bonds. The van der Waals surface area contributed by atoms with Gasteiger partial charge < -0.3 is 10.6 Å². The summed E-state index contributed by atoms with van der Waals surface area (Å²) in [4.78, 5) is 41.5. The Balaban J connectivity index is 0.00000124. The third-order valence-electron chi connectivity index (χ3n) is 6.21. The second-order valence-electron chi connectivity index (χ2n) is 8.88. The molecular weight excluding hydrogens is 382 g/mol. The fourth-order valence-corrected chi connectivity index (χ4v) is 4.19. The highest BCUT2D eigenvalue weighted by atomic mass is 16.2. The fourth-order valence-electron chi connectivity index (χ4n) is 4.19. The summed E-state index contributed by atoms with van der Waals surface area (Å²) in [6.45, 7) is 10.9. The molecule has 1 aromatic heterocycles. The van der Waals surface area contributed by atoms with Crippen molar-refractivity contribution in [2.45, 2.75) is 78.3 Å². The molecule has 1 atom stereocenters. The molecule has 1 spiro atoms. The predicted octanol–water partition coefficient (Wildman–Crippen LogP) is 2.54. The smallest absolute Gasteiger partial charge is 0.280 e. The van der Waals surface area contributed by atoms with Crippen LogP contribution in [0.15, 0.2) is 12.1 Å². The van der Waals surface area contributed by atoms with Gasteiger partial charge in [-0.05, 0) is 50.2 Å². The zero-order valence-corrected chi connectivity index (χ0v) is 18.6. The monoisotopic (exact) mass is 415 g/mol. The van der Waals surface area contributed by atoms with Gasteiger partial charge in [0.1, 0.15) is 5.82 Å². The van der Waals surface area contributed by atoms with E-state index in [1.165, 1.54) is 0 Å². The van der Waals surface area contributed by atoms with E-state index in [-0.39, 0.29) is 17.9 Å². The van der Waals surface area contributed by atoms with E-state index in [0.29, 0.717) is 29.8 Å². The van der Waals surface area contributed by atoms with Crippen molar-refractivity contribution >= 4 is 23.5 Å². The van der Waals surface area contributed by atoms with Crippen LogP contribution in [0.25, 0.3) is 0 Å². The molecule has 3 N–H and O–H groups in total. The van der Waals surface area contributed by atoms with Crippen LogP contribution in [-0.4, -0.2) is 45.8 Å². The molecule has 2 aliphatic heterocycles. The molecule has 2 saturated heterocycles. The summed E-state index contributed by atoms with van der Waals surface area (Å²) >= 11 is 0. The summed E-state index contributed by atoms with van der Waals surface area (Å²) in [6.07, 6.45) is 4.67. The SMILES string of the molecule is CC.Cc1ccc(C(=O)NN2C(=O)C23CCNC3=O)c(NC2CCC(C)(C)CC2)n1. The van der Waals surface area contributed by atoms with Crippen molar-refractivity contribution in [3.63, 3.8) is 0 Å². The van der Waals surface area contributed by atoms with Crippen molar-refractivity contribution in [2.75, 3.05) is 11.9 Å². The number of amides is 3. The van der Waals surface area contributed by atoms with Crippen LogP contribution < -0.4 is 16.1 Å². The molecule has 0 bridgehead atoms. The van der Waals surface area contributed by atoms with E-state index in [9.17, 15) is 14.4 Å². The molecule has 0 radical (unpaired) electrons. The Labute approximate surface area is 178 Å². The lowest BCUT2D eigenvalue weighted by atomic mass is 9.75. The van der Waals surface area contributed by atoms with Crippen LogP contribution in [0.1, 0.15) is 75.9 Å². The maximum absolute atomic E-state index is 12.8. The zero-order chi connectivity index (χ0) is 22.1. The van der Waals surface area contributed by atoms with Crippen LogP contribution in [0.4, 0.5) is 5.82 Å². The highest BCUT2D eigenvalue weighted by molar-refractivity contribution is 6.23. The largest absolute Gasteiger partial charge is 0.367 e. The van der Waals surface area contributed by atoms with E-state index in [4.69, 9.17) is 0 Å². The third kappa shape index (κ3) is 4.00. The molecule has 164 valence electrons. The van der Waals surface area contributed by atoms with E-state index in [2.05, 4.69) is 34.9 Å². The first-order valence-corrected chi connectivity index (χ1v) is 10.9. The van der Waals surface area contributed by atoms with Crippen molar-refractivity contribution in [1.29, 1.82) is 0 Å². The van der Waals surface area contributed by atoms with Crippen LogP contribution in [0, 0.1) is 12.3 Å². The average Bonchev–Trinajstić information content (AvgIpc) is 3.06. The summed E-state index contributed by atoms with van der Waals surface area (Å²) in [7, 11) is 0. The standard InChI is InChI=1S/C20H27N5O3.C2H6/c1-12-4-5-14(15(22-12)23-13-6-8-19(2,3)9-7-13)16(26)24-25-18(28)20(25)10-11-21-17(20)27;1-2/h4-5,13H,6-11H2,1-3H3,(H,21,27)(H,22,23)(H,24,26);1-2H3. The lowest BCUT2D eigenvalue weighted by Crippen LogP contribution is -2.39.